The first kappa shape index (κ1) is 16.2. The van der Waals surface area contributed by atoms with Crippen LogP contribution in [-0.2, 0) is 24.6 Å². The second kappa shape index (κ2) is 7.65. The quantitative estimate of drug-likeness (QED) is 0.784. The first-order valence-electron chi connectivity index (χ1n) is 7.31. The molecule has 0 spiro atoms. The van der Waals surface area contributed by atoms with Crippen LogP contribution in [0.1, 0.15) is 39.1 Å². The summed E-state index contributed by atoms with van der Waals surface area (Å²) in [7, 11) is 3.82. The van der Waals surface area contributed by atoms with Gasteiger partial charge in [-0.05, 0) is 24.9 Å². The van der Waals surface area contributed by atoms with Crippen LogP contribution in [0.4, 0.5) is 0 Å². The molecule has 0 aliphatic heterocycles. The van der Waals surface area contributed by atoms with E-state index in [4.69, 9.17) is 4.74 Å². The number of ether oxygens (including phenoxy) is 1. The highest BCUT2D eigenvalue weighted by Crippen LogP contribution is 2.16. The van der Waals surface area contributed by atoms with E-state index in [1.54, 1.807) is 7.11 Å². The zero-order valence-corrected chi connectivity index (χ0v) is 13.2. The van der Waals surface area contributed by atoms with E-state index in [9.17, 15) is 0 Å². The number of nitrogens with zero attached hydrogens (tertiary/aromatic N) is 2. The summed E-state index contributed by atoms with van der Waals surface area (Å²) in [6.45, 7) is 9.65. The first-order valence-corrected chi connectivity index (χ1v) is 7.31. The zero-order valence-electron chi connectivity index (χ0n) is 13.2. The van der Waals surface area contributed by atoms with Gasteiger partial charge in [0.1, 0.15) is 0 Å². The van der Waals surface area contributed by atoms with E-state index in [-0.39, 0.29) is 6.10 Å². The maximum atomic E-state index is 5.68. The lowest BCUT2D eigenvalue weighted by molar-refractivity contribution is 0.0332. The number of hydrogen-bond acceptors (Lipinski definition) is 3. The summed E-state index contributed by atoms with van der Waals surface area (Å²) in [5.74, 6) is 0.493. The molecule has 1 aromatic heterocycles. The van der Waals surface area contributed by atoms with Gasteiger partial charge in [-0.15, -0.1) is 0 Å². The van der Waals surface area contributed by atoms with Crippen molar-refractivity contribution in [2.45, 2.75) is 52.7 Å². The van der Waals surface area contributed by atoms with Crippen LogP contribution in [0, 0.1) is 5.92 Å². The molecule has 1 N–H and O–H groups in total. The number of rotatable bonds is 8. The van der Waals surface area contributed by atoms with Crippen LogP contribution < -0.4 is 5.32 Å². The Morgan fingerprint density at radius 3 is 2.47 bits per heavy atom. The summed E-state index contributed by atoms with van der Waals surface area (Å²) in [6, 6.07) is 2.53. The van der Waals surface area contributed by atoms with Crippen LogP contribution in [0.25, 0.3) is 0 Å². The van der Waals surface area contributed by atoms with Crippen molar-refractivity contribution < 1.29 is 4.74 Å². The summed E-state index contributed by atoms with van der Waals surface area (Å²) >= 11 is 0. The van der Waals surface area contributed by atoms with Crippen molar-refractivity contribution in [1.29, 1.82) is 0 Å². The monoisotopic (exact) mass is 267 g/mol. The number of aromatic nitrogens is 2. The maximum Gasteiger partial charge on any atom is 0.0750 e. The highest BCUT2D eigenvalue weighted by Gasteiger charge is 2.25. The fraction of sp³-hybridized carbons (Fsp3) is 0.800. The zero-order chi connectivity index (χ0) is 14.4. The average Bonchev–Trinajstić information content (AvgIpc) is 2.71. The molecule has 1 heterocycles. The summed E-state index contributed by atoms with van der Waals surface area (Å²) in [6.07, 6.45) is 2.16. The van der Waals surface area contributed by atoms with E-state index in [0.29, 0.717) is 12.0 Å². The standard InChI is InChI=1S/C15H29N3O/c1-7-12-9-13(18(5)17-12)10-14(16-8-2)15(19-6)11(3)4/h9,11,14-16H,7-8,10H2,1-6H3. The van der Waals surface area contributed by atoms with Crippen molar-refractivity contribution in [2.75, 3.05) is 13.7 Å². The number of hydrogen-bond donors (Lipinski definition) is 1. The van der Waals surface area contributed by atoms with Crippen LogP contribution in [0.3, 0.4) is 0 Å². The molecule has 1 rings (SSSR count). The molecule has 0 aliphatic rings. The summed E-state index contributed by atoms with van der Waals surface area (Å²) in [4.78, 5) is 0. The molecule has 0 fully saturated rings. The lowest BCUT2D eigenvalue weighted by Gasteiger charge is -2.29. The van der Waals surface area contributed by atoms with Crippen LogP contribution in [0.2, 0.25) is 0 Å². The van der Waals surface area contributed by atoms with Gasteiger partial charge in [-0.1, -0.05) is 27.7 Å². The molecule has 0 aliphatic carbocycles. The summed E-state index contributed by atoms with van der Waals surface area (Å²) in [5, 5.41) is 8.07. The first-order chi connectivity index (χ1) is 9.03. The van der Waals surface area contributed by atoms with Gasteiger partial charge in [0.05, 0.1) is 11.8 Å². The predicted octanol–water partition coefficient (Wildman–Crippen LogP) is 2.17. The molecule has 4 nitrogen and oxygen atoms in total. The topological polar surface area (TPSA) is 39.1 Å². The Morgan fingerprint density at radius 2 is 2.05 bits per heavy atom. The number of aryl methyl sites for hydroxylation is 2. The van der Waals surface area contributed by atoms with E-state index in [1.165, 1.54) is 5.69 Å². The summed E-state index contributed by atoms with van der Waals surface area (Å²) < 4.78 is 7.68. The lowest BCUT2D eigenvalue weighted by atomic mass is 9.95. The normalized spacial score (nSPS) is 14.9. The summed E-state index contributed by atoms with van der Waals surface area (Å²) in [5.41, 5.74) is 2.43. The highest BCUT2D eigenvalue weighted by molar-refractivity contribution is 5.12. The molecule has 0 saturated carbocycles. The largest absolute Gasteiger partial charge is 0.380 e. The molecule has 110 valence electrons. The van der Waals surface area contributed by atoms with Crippen molar-refractivity contribution >= 4 is 0 Å². The molecule has 0 aromatic carbocycles. The number of likely N-dealkylation sites (N-methyl/N-ethyl adjacent to an activating group) is 1. The van der Waals surface area contributed by atoms with Crippen LogP contribution >= 0.6 is 0 Å². The van der Waals surface area contributed by atoms with Gasteiger partial charge in [0.25, 0.3) is 0 Å². The molecule has 1 aromatic rings. The Kier molecular flexibility index (Phi) is 6.52. The Morgan fingerprint density at radius 1 is 1.37 bits per heavy atom. The van der Waals surface area contributed by atoms with E-state index < -0.39 is 0 Å². The molecule has 2 unspecified atom stereocenters. The van der Waals surface area contributed by atoms with Gasteiger partial charge >= 0.3 is 0 Å². The third kappa shape index (κ3) is 4.32. The SMILES string of the molecule is CCNC(Cc1cc(CC)nn1C)C(OC)C(C)C. The van der Waals surface area contributed by atoms with Crippen molar-refractivity contribution in [1.82, 2.24) is 15.1 Å². The molecule has 2 atom stereocenters. The van der Waals surface area contributed by atoms with E-state index in [1.807, 2.05) is 11.7 Å². The fourth-order valence-electron chi connectivity index (χ4n) is 2.63. The number of nitrogens with one attached hydrogen (secondary N) is 1. The van der Waals surface area contributed by atoms with E-state index in [0.717, 1.165) is 25.1 Å². The Labute approximate surface area is 117 Å². The average molecular weight is 267 g/mol. The van der Waals surface area contributed by atoms with Crippen LogP contribution in [0.15, 0.2) is 6.07 Å². The third-order valence-electron chi connectivity index (χ3n) is 3.61. The molecule has 0 saturated heterocycles. The van der Waals surface area contributed by atoms with Gasteiger partial charge in [-0.2, -0.15) is 5.10 Å². The Balaban J connectivity index is 2.84. The van der Waals surface area contributed by atoms with Gasteiger partial charge in [0, 0.05) is 32.3 Å². The van der Waals surface area contributed by atoms with Gasteiger partial charge in [0.15, 0.2) is 0 Å². The van der Waals surface area contributed by atoms with Gasteiger partial charge in [0.2, 0.25) is 0 Å². The van der Waals surface area contributed by atoms with E-state index >= 15 is 0 Å². The van der Waals surface area contributed by atoms with Crippen LogP contribution in [-0.4, -0.2) is 35.6 Å². The minimum absolute atomic E-state index is 0.222. The molecular formula is C15H29N3O. The molecule has 4 heteroatoms. The third-order valence-corrected chi connectivity index (χ3v) is 3.61. The Hall–Kier alpha value is -0.870. The molecule has 0 bridgehead atoms. The van der Waals surface area contributed by atoms with Crippen molar-refractivity contribution in [2.24, 2.45) is 13.0 Å². The molecular weight excluding hydrogens is 238 g/mol. The van der Waals surface area contributed by atoms with Crippen molar-refractivity contribution in [3.05, 3.63) is 17.5 Å². The van der Waals surface area contributed by atoms with Gasteiger partial charge in [-0.25, -0.2) is 0 Å². The fourth-order valence-corrected chi connectivity index (χ4v) is 2.63. The number of methoxy groups -OCH3 is 1. The second-order valence-corrected chi connectivity index (χ2v) is 5.42. The maximum absolute atomic E-state index is 5.68. The molecule has 0 amide bonds. The van der Waals surface area contributed by atoms with Gasteiger partial charge < -0.3 is 10.1 Å². The second-order valence-electron chi connectivity index (χ2n) is 5.42. The van der Waals surface area contributed by atoms with Crippen LogP contribution in [0.5, 0.6) is 0 Å². The highest BCUT2D eigenvalue weighted by atomic mass is 16.5. The predicted molar refractivity (Wildman–Crippen MR) is 79.4 cm³/mol. The Bertz CT molecular complexity index is 373. The minimum Gasteiger partial charge on any atom is -0.380 e. The van der Waals surface area contributed by atoms with Gasteiger partial charge in [-0.3, -0.25) is 4.68 Å². The molecule has 19 heavy (non-hydrogen) atoms. The van der Waals surface area contributed by atoms with Crippen molar-refractivity contribution in [3.8, 4) is 0 Å². The smallest absolute Gasteiger partial charge is 0.0750 e. The van der Waals surface area contributed by atoms with Crippen molar-refractivity contribution in [3.63, 3.8) is 0 Å². The van der Waals surface area contributed by atoms with E-state index in [2.05, 4.69) is 44.2 Å². The molecule has 0 radical (unpaired) electrons. The minimum atomic E-state index is 0.222. The lowest BCUT2D eigenvalue weighted by Crippen LogP contribution is -2.45.